The molecule has 0 aliphatic carbocycles. The summed E-state index contributed by atoms with van der Waals surface area (Å²) in [6.07, 6.45) is 0.228. The smallest absolute Gasteiger partial charge is 0.317 e. The molecule has 0 N–H and O–H groups in total. The molecule has 0 saturated heterocycles. The van der Waals surface area contributed by atoms with Gasteiger partial charge in [-0.3, -0.25) is 9.59 Å². The highest BCUT2D eigenvalue weighted by Gasteiger charge is 2.28. The van der Waals surface area contributed by atoms with Crippen LogP contribution in [0.5, 0.6) is 5.75 Å². The zero-order chi connectivity index (χ0) is 15.1. The lowest BCUT2D eigenvalue weighted by atomic mass is 10.00. The van der Waals surface area contributed by atoms with Crippen LogP contribution >= 0.6 is 0 Å². The van der Waals surface area contributed by atoms with Crippen molar-refractivity contribution in [2.75, 3.05) is 0 Å². The largest absolute Gasteiger partial charge is 0.424 e. The number of nitrogens with zero attached hydrogens (tertiary/aromatic N) is 1. The molecule has 4 heteroatoms. The van der Waals surface area contributed by atoms with E-state index in [1.54, 1.807) is 17.7 Å². The molecule has 1 aromatic carbocycles. The number of carbonyl (C=O) groups excluding carboxylic acids is 2. The molecular weight excluding hydrogens is 266 g/mol. The molecule has 0 saturated carbocycles. The van der Waals surface area contributed by atoms with Crippen molar-refractivity contribution in [1.29, 1.82) is 0 Å². The van der Waals surface area contributed by atoms with E-state index >= 15 is 0 Å². The van der Waals surface area contributed by atoms with Crippen molar-refractivity contribution in [2.24, 2.45) is 7.05 Å². The number of carbonyl (C=O) groups is 2. The maximum atomic E-state index is 12.6. The quantitative estimate of drug-likeness (QED) is 0.643. The van der Waals surface area contributed by atoms with Gasteiger partial charge in [0.05, 0.1) is 17.8 Å². The zero-order valence-electron chi connectivity index (χ0n) is 12.3. The second kappa shape index (κ2) is 4.88. The average Bonchev–Trinajstić information content (AvgIpc) is 2.96. The minimum absolute atomic E-state index is 0.0572. The van der Waals surface area contributed by atoms with Crippen molar-refractivity contribution in [3.05, 3.63) is 52.8 Å². The Hall–Kier alpha value is -2.36. The summed E-state index contributed by atoms with van der Waals surface area (Å²) in [5.41, 5.74) is 3.16. The molecule has 4 nitrogen and oxygen atoms in total. The fourth-order valence-corrected chi connectivity index (χ4v) is 2.59. The molecule has 3 rings (SSSR count). The lowest BCUT2D eigenvalue weighted by Gasteiger charge is -2.07. The Bertz CT molecular complexity index is 723. The molecule has 0 bridgehead atoms. The van der Waals surface area contributed by atoms with Crippen LogP contribution in [0.4, 0.5) is 0 Å². The summed E-state index contributed by atoms with van der Waals surface area (Å²) in [6.45, 7) is 4.24. The van der Waals surface area contributed by atoms with E-state index in [-0.39, 0.29) is 18.2 Å². The molecule has 0 atom stereocenters. The first-order valence-corrected chi connectivity index (χ1v) is 7.01. The first kappa shape index (κ1) is 13.6. The van der Waals surface area contributed by atoms with Crippen molar-refractivity contribution in [3.8, 4) is 5.75 Å². The molecule has 2 heterocycles. The molecule has 2 aromatic rings. The van der Waals surface area contributed by atoms with Crippen molar-refractivity contribution in [1.82, 2.24) is 4.57 Å². The first-order chi connectivity index (χ1) is 9.97. The Morgan fingerprint density at radius 1 is 1.24 bits per heavy atom. The molecule has 0 amide bonds. The molecule has 1 aliphatic heterocycles. The lowest BCUT2D eigenvalue weighted by molar-refractivity contribution is -0.131. The number of ketones is 1. The topological polar surface area (TPSA) is 48.3 Å². The van der Waals surface area contributed by atoms with Crippen LogP contribution in [-0.2, 0) is 18.3 Å². The van der Waals surface area contributed by atoms with Crippen LogP contribution in [0.3, 0.4) is 0 Å². The Labute approximate surface area is 123 Å². The normalized spacial score (nSPS) is 13.4. The highest BCUT2D eigenvalue weighted by molar-refractivity contribution is 6.08. The Balaban J connectivity index is 1.93. The third-order valence-corrected chi connectivity index (χ3v) is 3.93. The predicted octanol–water partition coefficient (Wildman–Crippen LogP) is 2.84. The standard InChI is InChI=1S/C17H17NO3/c1-10(2)11-4-6-12(7-5-11)17(20)14-8-15-13(18(14)3)9-16(19)21-15/h4-8,10H,9H2,1-3H3. The maximum absolute atomic E-state index is 12.6. The van der Waals surface area contributed by atoms with Gasteiger partial charge in [0.2, 0.25) is 5.78 Å². The summed E-state index contributed by atoms with van der Waals surface area (Å²) in [7, 11) is 1.79. The van der Waals surface area contributed by atoms with E-state index in [2.05, 4.69) is 13.8 Å². The van der Waals surface area contributed by atoms with E-state index in [1.165, 1.54) is 5.56 Å². The maximum Gasteiger partial charge on any atom is 0.317 e. The van der Waals surface area contributed by atoms with E-state index in [4.69, 9.17) is 4.74 Å². The lowest BCUT2D eigenvalue weighted by Crippen LogP contribution is -2.11. The number of benzene rings is 1. The molecule has 1 aliphatic rings. The molecule has 0 fully saturated rings. The van der Waals surface area contributed by atoms with E-state index in [1.807, 2.05) is 24.3 Å². The second-order valence-corrected chi connectivity index (χ2v) is 5.66. The molecule has 108 valence electrons. The predicted molar refractivity (Wildman–Crippen MR) is 78.7 cm³/mol. The number of aromatic nitrogens is 1. The highest BCUT2D eigenvalue weighted by Crippen LogP contribution is 2.30. The van der Waals surface area contributed by atoms with E-state index < -0.39 is 0 Å². The average molecular weight is 283 g/mol. The van der Waals surface area contributed by atoms with Gasteiger partial charge in [-0.1, -0.05) is 38.1 Å². The number of ether oxygens (including phenoxy) is 1. The summed E-state index contributed by atoms with van der Waals surface area (Å²) < 4.78 is 6.84. The number of fused-ring (bicyclic) bond motifs is 1. The van der Waals surface area contributed by atoms with Crippen LogP contribution in [0, 0.1) is 0 Å². The third kappa shape index (κ3) is 2.27. The molecular formula is C17H17NO3. The highest BCUT2D eigenvalue weighted by atomic mass is 16.5. The van der Waals surface area contributed by atoms with Gasteiger partial charge in [0.1, 0.15) is 0 Å². The number of hydrogen-bond acceptors (Lipinski definition) is 3. The van der Waals surface area contributed by atoms with E-state index in [0.29, 0.717) is 22.9 Å². The minimum atomic E-state index is -0.268. The number of rotatable bonds is 3. The summed E-state index contributed by atoms with van der Waals surface area (Å²) >= 11 is 0. The van der Waals surface area contributed by atoms with Gasteiger partial charge >= 0.3 is 5.97 Å². The van der Waals surface area contributed by atoms with Crippen LogP contribution in [0.2, 0.25) is 0 Å². The molecule has 21 heavy (non-hydrogen) atoms. The summed E-state index contributed by atoms with van der Waals surface area (Å²) in [4.78, 5) is 23.8. The van der Waals surface area contributed by atoms with Gasteiger partial charge in [-0.2, -0.15) is 0 Å². The van der Waals surface area contributed by atoms with Crippen molar-refractivity contribution >= 4 is 11.8 Å². The van der Waals surface area contributed by atoms with Crippen molar-refractivity contribution < 1.29 is 14.3 Å². The van der Waals surface area contributed by atoms with Crippen LogP contribution in [0.15, 0.2) is 30.3 Å². The minimum Gasteiger partial charge on any atom is -0.424 e. The van der Waals surface area contributed by atoms with Crippen LogP contribution < -0.4 is 4.74 Å². The summed E-state index contributed by atoms with van der Waals surface area (Å²) in [5.74, 6) is 0.617. The van der Waals surface area contributed by atoms with Crippen LogP contribution in [-0.4, -0.2) is 16.3 Å². The van der Waals surface area contributed by atoms with Crippen molar-refractivity contribution in [2.45, 2.75) is 26.2 Å². The first-order valence-electron chi connectivity index (χ1n) is 7.01. The third-order valence-electron chi connectivity index (χ3n) is 3.93. The van der Waals surface area contributed by atoms with Gasteiger partial charge in [0.25, 0.3) is 0 Å². The Morgan fingerprint density at radius 2 is 1.90 bits per heavy atom. The van der Waals surface area contributed by atoms with E-state index in [9.17, 15) is 9.59 Å². The Kier molecular flexibility index (Phi) is 3.16. The Morgan fingerprint density at radius 3 is 2.48 bits per heavy atom. The van der Waals surface area contributed by atoms with Crippen LogP contribution in [0.25, 0.3) is 0 Å². The van der Waals surface area contributed by atoms with Gasteiger partial charge in [-0.15, -0.1) is 0 Å². The molecule has 0 spiro atoms. The number of esters is 1. The van der Waals surface area contributed by atoms with Gasteiger partial charge in [-0.05, 0) is 11.5 Å². The number of hydrogen-bond donors (Lipinski definition) is 0. The van der Waals surface area contributed by atoms with Crippen molar-refractivity contribution in [3.63, 3.8) is 0 Å². The molecule has 0 radical (unpaired) electrons. The molecule has 0 unspecified atom stereocenters. The fraction of sp³-hybridized carbons (Fsp3) is 0.294. The fourth-order valence-electron chi connectivity index (χ4n) is 2.59. The monoisotopic (exact) mass is 283 g/mol. The second-order valence-electron chi connectivity index (χ2n) is 5.66. The van der Waals surface area contributed by atoms with Gasteiger partial charge in [0.15, 0.2) is 5.75 Å². The van der Waals surface area contributed by atoms with Gasteiger partial charge in [-0.25, -0.2) is 0 Å². The summed E-state index contributed by atoms with van der Waals surface area (Å²) in [5, 5.41) is 0. The van der Waals surface area contributed by atoms with Crippen LogP contribution in [0.1, 0.15) is 47.1 Å². The summed E-state index contributed by atoms with van der Waals surface area (Å²) in [6, 6.07) is 9.31. The SMILES string of the molecule is CC(C)c1ccc(C(=O)c2cc3c(n2C)CC(=O)O3)cc1. The van der Waals surface area contributed by atoms with E-state index in [0.717, 1.165) is 5.69 Å². The van der Waals surface area contributed by atoms with Gasteiger partial charge in [0, 0.05) is 18.7 Å². The van der Waals surface area contributed by atoms with Gasteiger partial charge < -0.3 is 9.30 Å². The molecule has 1 aromatic heterocycles. The zero-order valence-corrected chi connectivity index (χ0v) is 12.3.